The molecule has 0 aliphatic carbocycles. The first-order valence-electron chi connectivity index (χ1n) is 7.45. The van der Waals surface area contributed by atoms with Crippen molar-refractivity contribution in [1.29, 1.82) is 0 Å². The van der Waals surface area contributed by atoms with Gasteiger partial charge in [0, 0.05) is 13.0 Å². The second-order valence-corrected chi connectivity index (χ2v) is 5.27. The number of carbonyl (C=O) groups excluding carboxylic acids is 1. The van der Waals surface area contributed by atoms with Gasteiger partial charge in [-0.15, -0.1) is 0 Å². The summed E-state index contributed by atoms with van der Waals surface area (Å²) in [5, 5.41) is 6.90. The number of nitrogens with zero attached hydrogens (tertiary/aromatic N) is 1. The maximum atomic E-state index is 12.2. The molecule has 2 aromatic carbocycles. The Morgan fingerprint density at radius 1 is 1.22 bits per heavy atom. The number of amides is 1. The van der Waals surface area contributed by atoms with E-state index in [4.69, 9.17) is 9.57 Å². The summed E-state index contributed by atoms with van der Waals surface area (Å²) in [7, 11) is 1.62. The third kappa shape index (κ3) is 3.69. The van der Waals surface area contributed by atoms with E-state index < -0.39 is 6.10 Å². The fourth-order valence-corrected chi connectivity index (χ4v) is 2.37. The summed E-state index contributed by atoms with van der Waals surface area (Å²) < 4.78 is 5.11. The Morgan fingerprint density at radius 2 is 1.96 bits per heavy atom. The van der Waals surface area contributed by atoms with Crippen LogP contribution < -0.4 is 10.1 Å². The molecular formula is C18H18N2O3. The molecule has 3 rings (SSSR count). The number of benzene rings is 2. The number of rotatable bonds is 5. The van der Waals surface area contributed by atoms with E-state index in [-0.39, 0.29) is 5.91 Å². The van der Waals surface area contributed by atoms with E-state index in [2.05, 4.69) is 10.5 Å². The van der Waals surface area contributed by atoms with Gasteiger partial charge in [0.25, 0.3) is 5.91 Å². The van der Waals surface area contributed by atoms with Crippen LogP contribution in [0.3, 0.4) is 0 Å². The Labute approximate surface area is 134 Å². The van der Waals surface area contributed by atoms with Crippen LogP contribution in [-0.4, -0.2) is 24.8 Å². The average molecular weight is 310 g/mol. The highest BCUT2D eigenvalue weighted by atomic mass is 16.6. The molecule has 1 N–H and O–H groups in total. The molecule has 0 spiro atoms. The highest BCUT2D eigenvalue weighted by Crippen LogP contribution is 2.17. The number of hydrogen-bond donors (Lipinski definition) is 1. The molecule has 118 valence electrons. The van der Waals surface area contributed by atoms with Crippen molar-refractivity contribution in [3.63, 3.8) is 0 Å². The van der Waals surface area contributed by atoms with Crippen LogP contribution in [0.4, 0.5) is 0 Å². The van der Waals surface area contributed by atoms with E-state index in [0.717, 1.165) is 22.6 Å². The SMILES string of the molecule is COc1ccc(CNC(=O)[C@@H]2CC(c3ccccc3)=NO2)cc1. The van der Waals surface area contributed by atoms with Crippen molar-refractivity contribution in [3.05, 3.63) is 65.7 Å². The molecule has 5 nitrogen and oxygen atoms in total. The van der Waals surface area contributed by atoms with Gasteiger partial charge in [-0.25, -0.2) is 0 Å². The number of nitrogens with one attached hydrogen (secondary N) is 1. The molecule has 1 aliphatic rings. The van der Waals surface area contributed by atoms with Gasteiger partial charge in [0.1, 0.15) is 5.75 Å². The fraction of sp³-hybridized carbons (Fsp3) is 0.222. The van der Waals surface area contributed by atoms with Crippen LogP contribution in [0.5, 0.6) is 5.75 Å². The molecule has 23 heavy (non-hydrogen) atoms. The summed E-state index contributed by atoms with van der Waals surface area (Å²) in [6.07, 6.45) is -0.0817. The molecule has 2 aromatic rings. The summed E-state index contributed by atoms with van der Waals surface area (Å²) in [6, 6.07) is 17.3. The van der Waals surface area contributed by atoms with E-state index in [1.54, 1.807) is 7.11 Å². The van der Waals surface area contributed by atoms with E-state index in [9.17, 15) is 4.79 Å². The van der Waals surface area contributed by atoms with Crippen LogP contribution in [0.15, 0.2) is 59.8 Å². The third-order valence-corrected chi connectivity index (χ3v) is 3.69. The lowest BCUT2D eigenvalue weighted by Crippen LogP contribution is -2.34. The lowest BCUT2D eigenvalue weighted by molar-refractivity contribution is -0.131. The van der Waals surface area contributed by atoms with Crippen LogP contribution in [0.2, 0.25) is 0 Å². The monoisotopic (exact) mass is 310 g/mol. The van der Waals surface area contributed by atoms with Gasteiger partial charge < -0.3 is 14.9 Å². The number of hydrogen-bond acceptors (Lipinski definition) is 4. The van der Waals surface area contributed by atoms with Gasteiger partial charge in [0.15, 0.2) is 0 Å². The van der Waals surface area contributed by atoms with Gasteiger partial charge in [-0.1, -0.05) is 47.6 Å². The third-order valence-electron chi connectivity index (χ3n) is 3.69. The molecular weight excluding hydrogens is 292 g/mol. The molecule has 1 amide bonds. The molecule has 0 bridgehead atoms. The van der Waals surface area contributed by atoms with Crippen molar-refractivity contribution in [1.82, 2.24) is 5.32 Å². The first-order valence-corrected chi connectivity index (χ1v) is 7.45. The molecule has 0 saturated heterocycles. The highest BCUT2D eigenvalue weighted by Gasteiger charge is 2.28. The second-order valence-electron chi connectivity index (χ2n) is 5.27. The Kier molecular flexibility index (Phi) is 4.57. The Hall–Kier alpha value is -2.82. The summed E-state index contributed by atoms with van der Waals surface area (Å²) >= 11 is 0. The van der Waals surface area contributed by atoms with Crippen molar-refractivity contribution >= 4 is 11.6 Å². The lowest BCUT2D eigenvalue weighted by atomic mass is 10.0. The standard InChI is InChI=1S/C18H18N2O3/c1-22-15-9-7-13(8-10-15)12-19-18(21)17-11-16(20-23-17)14-5-3-2-4-6-14/h2-10,17H,11-12H2,1H3,(H,19,21)/t17-/m0/s1. The minimum Gasteiger partial charge on any atom is -0.497 e. The van der Waals surface area contributed by atoms with Crippen molar-refractivity contribution in [2.45, 2.75) is 19.1 Å². The smallest absolute Gasteiger partial charge is 0.264 e. The normalized spacial score (nSPS) is 16.4. The Balaban J connectivity index is 1.52. The van der Waals surface area contributed by atoms with E-state index in [0.29, 0.717) is 13.0 Å². The summed E-state index contributed by atoms with van der Waals surface area (Å²) in [4.78, 5) is 17.4. The predicted octanol–water partition coefficient (Wildman–Crippen LogP) is 2.50. The fourth-order valence-electron chi connectivity index (χ4n) is 2.37. The zero-order valence-electron chi connectivity index (χ0n) is 12.9. The molecule has 0 saturated carbocycles. The van der Waals surface area contributed by atoms with Gasteiger partial charge in [-0.05, 0) is 23.3 Å². The number of carbonyl (C=O) groups is 1. The maximum absolute atomic E-state index is 12.2. The quantitative estimate of drug-likeness (QED) is 0.923. The predicted molar refractivity (Wildman–Crippen MR) is 87.3 cm³/mol. The molecule has 0 unspecified atom stereocenters. The number of oxime groups is 1. The first kappa shape index (κ1) is 15.1. The molecule has 1 heterocycles. The Morgan fingerprint density at radius 3 is 2.65 bits per heavy atom. The van der Waals surface area contributed by atoms with Crippen LogP contribution in [0, 0.1) is 0 Å². The van der Waals surface area contributed by atoms with Crippen LogP contribution in [0.1, 0.15) is 17.5 Å². The van der Waals surface area contributed by atoms with Crippen molar-refractivity contribution < 1.29 is 14.4 Å². The van der Waals surface area contributed by atoms with E-state index in [1.807, 2.05) is 54.6 Å². The van der Waals surface area contributed by atoms with E-state index >= 15 is 0 Å². The first-order chi connectivity index (χ1) is 11.3. The van der Waals surface area contributed by atoms with Gasteiger partial charge in [-0.2, -0.15) is 0 Å². The van der Waals surface area contributed by atoms with Gasteiger partial charge in [0.05, 0.1) is 12.8 Å². The number of ether oxygens (including phenoxy) is 1. The minimum absolute atomic E-state index is 0.157. The second kappa shape index (κ2) is 6.96. The minimum atomic E-state index is -0.566. The molecule has 1 atom stereocenters. The van der Waals surface area contributed by atoms with Crippen LogP contribution in [0.25, 0.3) is 0 Å². The summed E-state index contributed by atoms with van der Waals surface area (Å²) in [5.41, 5.74) is 2.79. The largest absolute Gasteiger partial charge is 0.497 e. The summed E-state index contributed by atoms with van der Waals surface area (Å²) in [5.74, 6) is 0.635. The van der Waals surface area contributed by atoms with E-state index in [1.165, 1.54) is 0 Å². The Bertz CT molecular complexity index is 696. The molecule has 0 radical (unpaired) electrons. The maximum Gasteiger partial charge on any atom is 0.264 e. The topological polar surface area (TPSA) is 59.9 Å². The van der Waals surface area contributed by atoms with Gasteiger partial charge in [0.2, 0.25) is 6.10 Å². The highest BCUT2D eigenvalue weighted by molar-refractivity contribution is 6.04. The molecule has 5 heteroatoms. The lowest BCUT2D eigenvalue weighted by Gasteiger charge is -2.10. The number of methoxy groups -OCH3 is 1. The van der Waals surface area contributed by atoms with Crippen molar-refractivity contribution in [2.24, 2.45) is 5.16 Å². The summed E-state index contributed by atoms with van der Waals surface area (Å²) in [6.45, 7) is 0.448. The van der Waals surface area contributed by atoms with Crippen LogP contribution >= 0.6 is 0 Å². The average Bonchev–Trinajstić information content (AvgIpc) is 3.11. The van der Waals surface area contributed by atoms with Crippen molar-refractivity contribution in [2.75, 3.05) is 7.11 Å². The zero-order valence-corrected chi connectivity index (χ0v) is 12.9. The molecule has 0 fully saturated rings. The van der Waals surface area contributed by atoms with Crippen LogP contribution in [-0.2, 0) is 16.2 Å². The molecule has 1 aliphatic heterocycles. The van der Waals surface area contributed by atoms with Crippen molar-refractivity contribution in [3.8, 4) is 5.75 Å². The van der Waals surface area contributed by atoms with Gasteiger partial charge in [-0.3, -0.25) is 4.79 Å². The zero-order chi connectivity index (χ0) is 16.1. The molecule has 0 aromatic heterocycles. The van der Waals surface area contributed by atoms with Gasteiger partial charge >= 0.3 is 0 Å².